The third kappa shape index (κ3) is 1.99. The Morgan fingerprint density at radius 1 is 1.26 bits per heavy atom. The fourth-order valence-electron chi connectivity index (χ4n) is 3.27. The van der Waals surface area contributed by atoms with E-state index < -0.39 is 0 Å². The maximum atomic E-state index is 6.16. The number of aromatic nitrogens is 1. The van der Waals surface area contributed by atoms with Crippen LogP contribution in [0.1, 0.15) is 44.0 Å². The normalized spacial score (nSPS) is 19.7. The lowest BCUT2D eigenvalue weighted by Gasteiger charge is -2.20. The summed E-state index contributed by atoms with van der Waals surface area (Å²) in [4.78, 5) is 0. The van der Waals surface area contributed by atoms with Crippen molar-refractivity contribution >= 4 is 10.9 Å². The van der Waals surface area contributed by atoms with E-state index in [0.717, 1.165) is 19.3 Å². The minimum absolute atomic E-state index is 0.202. The number of aryl methyl sites for hydroxylation is 1. The van der Waals surface area contributed by atoms with Gasteiger partial charge in [-0.25, -0.2) is 0 Å². The molecule has 1 atom stereocenters. The molecule has 1 aliphatic rings. The molecule has 1 aromatic heterocycles. The van der Waals surface area contributed by atoms with E-state index in [4.69, 9.17) is 5.73 Å². The van der Waals surface area contributed by atoms with Crippen LogP contribution in [0.3, 0.4) is 0 Å². The van der Waals surface area contributed by atoms with E-state index in [0.29, 0.717) is 6.04 Å². The summed E-state index contributed by atoms with van der Waals surface area (Å²) in [5, 5.41) is 1.42. The summed E-state index contributed by atoms with van der Waals surface area (Å²) in [6, 6.07) is 7.26. The number of hydrogen-bond donors (Lipinski definition) is 1. The first kappa shape index (κ1) is 12.7. The van der Waals surface area contributed by atoms with Crippen LogP contribution >= 0.6 is 0 Å². The van der Waals surface area contributed by atoms with Gasteiger partial charge in [-0.2, -0.15) is 0 Å². The van der Waals surface area contributed by atoms with E-state index in [-0.39, 0.29) is 5.41 Å². The van der Waals surface area contributed by atoms with Crippen molar-refractivity contribution in [2.24, 2.45) is 12.8 Å². The molecular formula is C17H24N2. The summed E-state index contributed by atoms with van der Waals surface area (Å²) in [6.07, 6.45) is 3.26. The Balaban J connectivity index is 2.25. The molecule has 0 saturated carbocycles. The largest absolute Gasteiger partial charge is 0.347 e. The van der Waals surface area contributed by atoms with Crippen LogP contribution in [0.5, 0.6) is 0 Å². The zero-order chi connectivity index (χ0) is 13.8. The zero-order valence-corrected chi connectivity index (χ0v) is 12.5. The Kier molecular flexibility index (Phi) is 2.75. The SMILES string of the molecule is Cn1c2c(c3cc(C(C)(C)C)ccc31)CC(N)CC2. The van der Waals surface area contributed by atoms with Gasteiger partial charge in [0.15, 0.2) is 0 Å². The van der Waals surface area contributed by atoms with E-state index in [9.17, 15) is 0 Å². The van der Waals surface area contributed by atoms with E-state index >= 15 is 0 Å². The van der Waals surface area contributed by atoms with Crippen LogP contribution in [-0.2, 0) is 25.3 Å². The van der Waals surface area contributed by atoms with Crippen LogP contribution < -0.4 is 5.73 Å². The fraction of sp³-hybridized carbons (Fsp3) is 0.529. The van der Waals surface area contributed by atoms with Crippen molar-refractivity contribution in [1.82, 2.24) is 4.57 Å². The van der Waals surface area contributed by atoms with Gasteiger partial charge in [0.1, 0.15) is 0 Å². The summed E-state index contributed by atoms with van der Waals surface area (Å²) < 4.78 is 2.36. The number of fused-ring (bicyclic) bond motifs is 3. The van der Waals surface area contributed by atoms with Crippen molar-refractivity contribution < 1.29 is 0 Å². The van der Waals surface area contributed by atoms with Gasteiger partial charge in [0.2, 0.25) is 0 Å². The van der Waals surface area contributed by atoms with Crippen molar-refractivity contribution in [3.63, 3.8) is 0 Å². The molecule has 0 radical (unpaired) electrons. The summed E-state index contributed by atoms with van der Waals surface area (Å²) in [5.74, 6) is 0. The standard InChI is InChI=1S/C17H24N2/c1-17(2,3)11-5-7-15-13(9-11)14-10-12(18)6-8-16(14)19(15)4/h5,7,9,12H,6,8,10,18H2,1-4H3. The summed E-state index contributed by atoms with van der Waals surface area (Å²) in [6.45, 7) is 6.82. The molecule has 3 rings (SSSR count). The maximum absolute atomic E-state index is 6.16. The smallest absolute Gasteiger partial charge is 0.0482 e. The first-order valence-electron chi connectivity index (χ1n) is 7.24. The molecule has 0 amide bonds. The van der Waals surface area contributed by atoms with Crippen LogP contribution in [0, 0.1) is 0 Å². The van der Waals surface area contributed by atoms with Gasteiger partial charge in [-0.3, -0.25) is 0 Å². The number of benzene rings is 1. The Bertz CT molecular complexity index is 629. The van der Waals surface area contributed by atoms with Crippen molar-refractivity contribution in [1.29, 1.82) is 0 Å². The molecule has 1 aromatic carbocycles. The predicted molar refractivity (Wildman–Crippen MR) is 81.6 cm³/mol. The molecule has 2 N–H and O–H groups in total. The Morgan fingerprint density at radius 3 is 2.68 bits per heavy atom. The number of nitrogens with two attached hydrogens (primary N) is 1. The third-order valence-corrected chi connectivity index (χ3v) is 4.52. The second kappa shape index (κ2) is 4.11. The molecule has 19 heavy (non-hydrogen) atoms. The molecule has 2 nitrogen and oxygen atoms in total. The molecule has 0 aliphatic heterocycles. The summed E-state index contributed by atoms with van der Waals surface area (Å²) in [5.41, 5.74) is 12.1. The monoisotopic (exact) mass is 256 g/mol. The molecule has 1 aliphatic carbocycles. The van der Waals surface area contributed by atoms with Crippen molar-refractivity contribution in [3.05, 3.63) is 35.0 Å². The summed E-state index contributed by atoms with van der Waals surface area (Å²) in [7, 11) is 2.19. The van der Waals surface area contributed by atoms with Gasteiger partial charge < -0.3 is 10.3 Å². The first-order chi connectivity index (χ1) is 8.88. The first-order valence-corrected chi connectivity index (χ1v) is 7.24. The Morgan fingerprint density at radius 2 is 2.00 bits per heavy atom. The van der Waals surface area contributed by atoms with Gasteiger partial charge in [0.25, 0.3) is 0 Å². The molecule has 1 heterocycles. The second-order valence-corrected chi connectivity index (χ2v) is 6.97. The fourth-order valence-corrected chi connectivity index (χ4v) is 3.27. The Labute approximate surface area is 115 Å². The highest BCUT2D eigenvalue weighted by atomic mass is 15.0. The highest BCUT2D eigenvalue weighted by Crippen LogP contribution is 2.34. The third-order valence-electron chi connectivity index (χ3n) is 4.52. The minimum Gasteiger partial charge on any atom is -0.347 e. The molecule has 0 bridgehead atoms. The molecule has 0 spiro atoms. The molecule has 2 heteroatoms. The minimum atomic E-state index is 0.202. The molecule has 0 fully saturated rings. The number of nitrogens with zero attached hydrogens (tertiary/aromatic N) is 1. The molecular weight excluding hydrogens is 232 g/mol. The van der Waals surface area contributed by atoms with Gasteiger partial charge in [-0.1, -0.05) is 26.8 Å². The van der Waals surface area contributed by atoms with E-state index in [1.165, 1.54) is 27.7 Å². The highest BCUT2D eigenvalue weighted by molar-refractivity contribution is 5.86. The lowest BCUT2D eigenvalue weighted by atomic mass is 9.85. The molecule has 0 saturated heterocycles. The summed E-state index contributed by atoms with van der Waals surface area (Å²) >= 11 is 0. The average Bonchev–Trinajstić information content (AvgIpc) is 2.61. The van der Waals surface area contributed by atoms with Crippen molar-refractivity contribution in [2.75, 3.05) is 0 Å². The average molecular weight is 256 g/mol. The second-order valence-electron chi connectivity index (χ2n) is 6.97. The lowest BCUT2D eigenvalue weighted by molar-refractivity contribution is 0.562. The maximum Gasteiger partial charge on any atom is 0.0482 e. The quantitative estimate of drug-likeness (QED) is 0.770. The van der Waals surface area contributed by atoms with Crippen LogP contribution in [-0.4, -0.2) is 10.6 Å². The van der Waals surface area contributed by atoms with Crippen LogP contribution in [0.15, 0.2) is 18.2 Å². The van der Waals surface area contributed by atoms with Gasteiger partial charge in [-0.15, -0.1) is 0 Å². The van der Waals surface area contributed by atoms with E-state index in [1.807, 2.05) is 0 Å². The van der Waals surface area contributed by atoms with Crippen LogP contribution in [0.2, 0.25) is 0 Å². The van der Waals surface area contributed by atoms with Crippen LogP contribution in [0.25, 0.3) is 10.9 Å². The molecule has 102 valence electrons. The van der Waals surface area contributed by atoms with Gasteiger partial charge >= 0.3 is 0 Å². The van der Waals surface area contributed by atoms with Gasteiger partial charge in [-0.05, 0) is 47.9 Å². The lowest BCUT2D eigenvalue weighted by Crippen LogP contribution is -2.28. The molecule has 2 aromatic rings. The van der Waals surface area contributed by atoms with Crippen molar-refractivity contribution in [3.8, 4) is 0 Å². The van der Waals surface area contributed by atoms with Crippen LogP contribution in [0.4, 0.5) is 0 Å². The Hall–Kier alpha value is -1.28. The molecule has 1 unspecified atom stereocenters. The number of rotatable bonds is 0. The van der Waals surface area contributed by atoms with E-state index in [2.05, 4.69) is 50.6 Å². The van der Waals surface area contributed by atoms with Gasteiger partial charge in [0, 0.05) is 29.7 Å². The topological polar surface area (TPSA) is 30.9 Å². The van der Waals surface area contributed by atoms with Crippen molar-refractivity contribution in [2.45, 2.75) is 51.5 Å². The zero-order valence-electron chi connectivity index (χ0n) is 12.5. The highest BCUT2D eigenvalue weighted by Gasteiger charge is 2.23. The van der Waals surface area contributed by atoms with E-state index in [1.54, 1.807) is 0 Å². The van der Waals surface area contributed by atoms with Gasteiger partial charge in [0.05, 0.1) is 0 Å². The number of hydrogen-bond acceptors (Lipinski definition) is 1. The predicted octanol–water partition coefficient (Wildman–Crippen LogP) is 3.29.